The average molecular weight is 165 g/mol. The third-order valence-corrected chi connectivity index (χ3v) is 3.23. The molecule has 0 aromatic rings. The van der Waals surface area contributed by atoms with Crippen molar-refractivity contribution in [3.05, 3.63) is 12.2 Å². The highest BCUT2D eigenvalue weighted by atomic mass is 16.1. The molecule has 0 amide bonds. The van der Waals surface area contributed by atoms with Gasteiger partial charge in [0.15, 0.2) is 5.78 Å². The molecule has 12 heavy (non-hydrogen) atoms. The van der Waals surface area contributed by atoms with Crippen LogP contribution < -0.4 is 0 Å². The Balaban J connectivity index is 2.27. The molecular formula is C10H15NO. The summed E-state index contributed by atoms with van der Waals surface area (Å²) in [7, 11) is 2.12. The monoisotopic (exact) mass is 165 g/mol. The van der Waals surface area contributed by atoms with E-state index < -0.39 is 0 Å². The molecule has 2 rings (SSSR count). The van der Waals surface area contributed by atoms with Gasteiger partial charge in [-0.15, -0.1) is 0 Å². The Morgan fingerprint density at radius 1 is 1.58 bits per heavy atom. The second kappa shape index (κ2) is 2.70. The summed E-state index contributed by atoms with van der Waals surface area (Å²) >= 11 is 0. The van der Waals surface area contributed by atoms with Crippen LogP contribution in [-0.2, 0) is 4.79 Å². The van der Waals surface area contributed by atoms with Gasteiger partial charge in [0.1, 0.15) is 0 Å². The van der Waals surface area contributed by atoms with Gasteiger partial charge in [-0.1, -0.05) is 13.0 Å². The number of hydrogen-bond acceptors (Lipinski definition) is 2. The van der Waals surface area contributed by atoms with E-state index in [1.807, 2.05) is 6.92 Å². The average Bonchev–Trinajstić information content (AvgIpc) is 2.41. The quantitative estimate of drug-likeness (QED) is 0.535. The van der Waals surface area contributed by atoms with E-state index in [2.05, 4.69) is 18.0 Å². The summed E-state index contributed by atoms with van der Waals surface area (Å²) in [5, 5.41) is 0. The standard InChI is InChI=1S/C10H15NO/c1-7-9(12)4-3-8-5-6-11(2)10(7)8/h3-4,7-8,10H,5-6H2,1-2H3. The van der Waals surface area contributed by atoms with Gasteiger partial charge in [0, 0.05) is 12.0 Å². The van der Waals surface area contributed by atoms with E-state index in [0.717, 1.165) is 6.54 Å². The summed E-state index contributed by atoms with van der Waals surface area (Å²) in [6.07, 6.45) is 5.08. The van der Waals surface area contributed by atoms with Gasteiger partial charge in [-0.3, -0.25) is 4.79 Å². The second-order valence-corrected chi connectivity index (χ2v) is 3.97. The van der Waals surface area contributed by atoms with Crippen molar-refractivity contribution in [2.24, 2.45) is 11.8 Å². The van der Waals surface area contributed by atoms with Crippen LogP contribution >= 0.6 is 0 Å². The fourth-order valence-corrected chi connectivity index (χ4v) is 2.50. The van der Waals surface area contributed by atoms with Gasteiger partial charge in [0.25, 0.3) is 0 Å². The minimum atomic E-state index is 0.201. The number of hydrogen-bond donors (Lipinski definition) is 0. The highest BCUT2D eigenvalue weighted by Crippen LogP contribution is 2.33. The Hall–Kier alpha value is -0.630. The molecule has 1 heterocycles. The third-order valence-electron chi connectivity index (χ3n) is 3.23. The molecule has 66 valence electrons. The number of carbonyl (C=O) groups excluding carboxylic acids is 1. The maximum atomic E-state index is 11.4. The molecule has 0 bridgehead atoms. The van der Waals surface area contributed by atoms with Crippen LogP contribution in [-0.4, -0.2) is 30.3 Å². The number of carbonyl (C=O) groups is 1. The molecule has 1 aliphatic carbocycles. The molecule has 0 aromatic carbocycles. The van der Waals surface area contributed by atoms with E-state index in [1.165, 1.54) is 6.42 Å². The van der Waals surface area contributed by atoms with Gasteiger partial charge >= 0.3 is 0 Å². The normalized spacial score (nSPS) is 41.8. The smallest absolute Gasteiger partial charge is 0.159 e. The summed E-state index contributed by atoms with van der Waals surface area (Å²) in [6, 6.07) is 0.475. The molecule has 0 N–H and O–H groups in total. The Kier molecular flexibility index (Phi) is 1.80. The number of ketones is 1. The van der Waals surface area contributed by atoms with Gasteiger partial charge in [-0.2, -0.15) is 0 Å². The van der Waals surface area contributed by atoms with E-state index in [4.69, 9.17) is 0 Å². The minimum absolute atomic E-state index is 0.201. The van der Waals surface area contributed by atoms with Crippen molar-refractivity contribution < 1.29 is 4.79 Å². The first-order valence-electron chi connectivity index (χ1n) is 4.62. The molecule has 0 saturated carbocycles. The van der Waals surface area contributed by atoms with Crippen LogP contribution in [0, 0.1) is 11.8 Å². The lowest BCUT2D eigenvalue weighted by molar-refractivity contribution is -0.120. The van der Waals surface area contributed by atoms with Crippen LogP contribution in [0.5, 0.6) is 0 Å². The molecule has 1 aliphatic heterocycles. The maximum absolute atomic E-state index is 11.4. The molecule has 2 nitrogen and oxygen atoms in total. The SMILES string of the molecule is CC1C(=O)C=CC2CCN(C)C21. The van der Waals surface area contributed by atoms with Crippen LogP contribution in [0.15, 0.2) is 12.2 Å². The molecule has 3 atom stereocenters. The highest BCUT2D eigenvalue weighted by molar-refractivity contribution is 5.93. The first kappa shape index (κ1) is 7.99. The van der Waals surface area contributed by atoms with Crippen molar-refractivity contribution in [3.8, 4) is 0 Å². The molecule has 3 unspecified atom stereocenters. The van der Waals surface area contributed by atoms with Crippen molar-refractivity contribution >= 4 is 5.78 Å². The van der Waals surface area contributed by atoms with Gasteiger partial charge < -0.3 is 4.90 Å². The fraction of sp³-hybridized carbons (Fsp3) is 0.700. The van der Waals surface area contributed by atoms with Crippen molar-refractivity contribution in [3.63, 3.8) is 0 Å². The molecule has 1 fully saturated rings. The van der Waals surface area contributed by atoms with Gasteiger partial charge in [-0.05, 0) is 32.0 Å². The predicted molar refractivity (Wildman–Crippen MR) is 47.8 cm³/mol. The summed E-state index contributed by atoms with van der Waals surface area (Å²) in [5.74, 6) is 1.13. The number of rotatable bonds is 0. The Morgan fingerprint density at radius 3 is 3.08 bits per heavy atom. The van der Waals surface area contributed by atoms with Gasteiger partial charge in [-0.25, -0.2) is 0 Å². The zero-order valence-corrected chi connectivity index (χ0v) is 7.66. The van der Waals surface area contributed by atoms with Crippen molar-refractivity contribution in [1.82, 2.24) is 4.90 Å². The van der Waals surface area contributed by atoms with Crippen LogP contribution in [0.2, 0.25) is 0 Å². The summed E-state index contributed by atoms with van der Waals surface area (Å²) in [5.41, 5.74) is 0. The summed E-state index contributed by atoms with van der Waals surface area (Å²) < 4.78 is 0. The largest absolute Gasteiger partial charge is 0.302 e. The summed E-state index contributed by atoms with van der Waals surface area (Å²) in [6.45, 7) is 3.18. The van der Waals surface area contributed by atoms with Crippen molar-refractivity contribution in [1.29, 1.82) is 0 Å². The zero-order valence-electron chi connectivity index (χ0n) is 7.66. The Bertz CT molecular complexity index is 232. The molecule has 0 radical (unpaired) electrons. The number of allylic oxidation sites excluding steroid dienone is 1. The van der Waals surface area contributed by atoms with Crippen molar-refractivity contribution in [2.75, 3.05) is 13.6 Å². The predicted octanol–water partition coefficient (Wildman–Crippen LogP) is 1.08. The first-order valence-corrected chi connectivity index (χ1v) is 4.62. The van der Waals surface area contributed by atoms with E-state index in [0.29, 0.717) is 17.7 Å². The number of nitrogens with zero attached hydrogens (tertiary/aromatic N) is 1. The number of likely N-dealkylation sites (tertiary alicyclic amines) is 1. The lowest BCUT2D eigenvalue weighted by Crippen LogP contribution is -2.40. The van der Waals surface area contributed by atoms with E-state index in [9.17, 15) is 4.79 Å². The second-order valence-electron chi connectivity index (χ2n) is 3.97. The Morgan fingerprint density at radius 2 is 2.33 bits per heavy atom. The first-order chi connectivity index (χ1) is 5.70. The summed E-state index contributed by atoms with van der Waals surface area (Å²) in [4.78, 5) is 13.7. The van der Waals surface area contributed by atoms with Crippen LogP contribution in [0.25, 0.3) is 0 Å². The fourth-order valence-electron chi connectivity index (χ4n) is 2.50. The van der Waals surface area contributed by atoms with Crippen LogP contribution in [0.3, 0.4) is 0 Å². The molecule has 0 aromatic heterocycles. The van der Waals surface area contributed by atoms with E-state index in [-0.39, 0.29) is 5.92 Å². The van der Waals surface area contributed by atoms with E-state index in [1.54, 1.807) is 6.08 Å². The molecule has 2 heteroatoms. The van der Waals surface area contributed by atoms with Crippen LogP contribution in [0.1, 0.15) is 13.3 Å². The lowest BCUT2D eigenvalue weighted by Gasteiger charge is -2.30. The lowest BCUT2D eigenvalue weighted by atomic mass is 9.82. The maximum Gasteiger partial charge on any atom is 0.159 e. The molecule has 2 aliphatic rings. The zero-order chi connectivity index (χ0) is 8.72. The van der Waals surface area contributed by atoms with E-state index >= 15 is 0 Å². The Labute approximate surface area is 73.2 Å². The van der Waals surface area contributed by atoms with Gasteiger partial charge in [0.05, 0.1) is 0 Å². The highest BCUT2D eigenvalue weighted by Gasteiger charge is 2.38. The third kappa shape index (κ3) is 1.02. The van der Waals surface area contributed by atoms with Crippen molar-refractivity contribution in [2.45, 2.75) is 19.4 Å². The molecule has 1 saturated heterocycles. The topological polar surface area (TPSA) is 20.3 Å². The molecule has 0 spiro atoms. The minimum Gasteiger partial charge on any atom is -0.302 e. The van der Waals surface area contributed by atoms with Crippen LogP contribution in [0.4, 0.5) is 0 Å². The molecular weight excluding hydrogens is 150 g/mol. The van der Waals surface area contributed by atoms with Gasteiger partial charge in [0.2, 0.25) is 0 Å². The number of fused-ring (bicyclic) bond motifs is 1.